The molecule has 0 unspecified atom stereocenters. The fourth-order valence-corrected chi connectivity index (χ4v) is 5.83. The van der Waals surface area contributed by atoms with Gasteiger partial charge < -0.3 is 29.7 Å². The summed E-state index contributed by atoms with van der Waals surface area (Å²) in [5.41, 5.74) is 3.93. The lowest BCUT2D eigenvalue weighted by Crippen LogP contribution is -2.35. The number of likely N-dealkylation sites (tertiary alicyclic amines) is 1. The first-order chi connectivity index (χ1) is 20.4. The van der Waals surface area contributed by atoms with Crippen LogP contribution in [0.3, 0.4) is 0 Å². The molecule has 0 radical (unpaired) electrons. The van der Waals surface area contributed by atoms with E-state index in [1.807, 2.05) is 18.2 Å². The highest BCUT2D eigenvalue weighted by atomic mass is 19.1. The van der Waals surface area contributed by atoms with Crippen LogP contribution in [0.15, 0.2) is 55.1 Å². The van der Waals surface area contributed by atoms with Crippen LogP contribution >= 0.6 is 0 Å². The van der Waals surface area contributed by atoms with Gasteiger partial charge in [0, 0.05) is 48.9 Å². The molecule has 1 saturated heterocycles. The molecule has 0 saturated carbocycles. The first kappa shape index (κ1) is 31.8. The van der Waals surface area contributed by atoms with E-state index in [-0.39, 0.29) is 36.2 Å². The summed E-state index contributed by atoms with van der Waals surface area (Å²) in [4.78, 5) is 28.1. The lowest BCUT2D eigenvalue weighted by atomic mass is 9.93. The molecule has 0 bridgehead atoms. The van der Waals surface area contributed by atoms with Crippen molar-refractivity contribution in [2.45, 2.75) is 30.8 Å². The Balaban J connectivity index is 1.16. The molecule has 2 aromatic rings. The van der Waals surface area contributed by atoms with Crippen LogP contribution in [0.2, 0.25) is 0 Å². The number of fused-ring (bicyclic) bond motifs is 1. The van der Waals surface area contributed by atoms with E-state index in [0.29, 0.717) is 51.3 Å². The molecule has 9 nitrogen and oxygen atoms in total. The molecule has 2 N–H and O–H groups in total. The Morgan fingerprint density at radius 1 is 1.02 bits per heavy atom. The van der Waals surface area contributed by atoms with Gasteiger partial charge in [-0.05, 0) is 62.3 Å². The molecule has 2 amide bonds. The molecular formula is C32H43FN4O5. The quantitative estimate of drug-likeness (QED) is 0.232. The van der Waals surface area contributed by atoms with Crippen LogP contribution < -0.4 is 10.6 Å². The summed E-state index contributed by atoms with van der Waals surface area (Å²) < 4.78 is 30.9. The number of carbonyl (C=O) groups excluding carboxylic acids is 2. The van der Waals surface area contributed by atoms with Crippen LogP contribution in [0.5, 0.6) is 0 Å². The van der Waals surface area contributed by atoms with E-state index in [4.69, 9.17) is 14.2 Å². The standard InChI is InChI=1S/C32H43FN4O5/c1-4-30(38)34-14-15-40-16-17-41-18-19-42-22-31(39)35-25-11-8-23(9-12-25)26-20-37(21-29(26)36(2)3)28-13-10-24-6-5-7-27(33)32(24)28/h4-9,11-12,26,28-29H,1,10,13-22H2,2-3H3,(H,34,38)(H,35,39)/t26-,28+,29+/m1/s1. The minimum Gasteiger partial charge on any atom is -0.377 e. The number of nitrogens with one attached hydrogen (secondary N) is 2. The van der Waals surface area contributed by atoms with E-state index < -0.39 is 0 Å². The predicted molar refractivity (Wildman–Crippen MR) is 160 cm³/mol. The molecule has 4 rings (SSSR count). The highest BCUT2D eigenvalue weighted by Gasteiger charge is 2.41. The van der Waals surface area contributed by atoms with Crippen LogP contribution in [-0.2, 0) is 30.2 Å². The Kier molecular flexibility index (Phi) is 12.0. The van der Waals surface area contributed by atoms with Gasteiger partial charge in [-0.3, -0.25) is 14.5 Å². The number of aryl methyl sites for hydroxylation is 1. The van der Waals surface area contributed by atoms with Gasteiger partial charge in [-0.15, -0.1) is 0 Å². The third-order valence-electron chi connectivity index (χ3n) is 7.92. The summed E-state index contributed by atoms with van der Waals surface area (Å²) in [5.74, 6) is -0.265. The molecule has 2 aromatic carbocycles. The summed E-state index contributed by atoms with van der Waals surface area (Å²) in [5, 5.41) is 5.50. The molecule has 1 heterocycles. The maximum Gasteiger partial charge on any atom is 0.250 e. The Morgan fingerprint density at radius 3 is 2.45 bits per heavy atom. The second kappa shape index (κ2) is 15.9. The third-order valence-corrected chi connectivity index (χ3v) is 7.92. The smallest absolute Gasteiger partial charge is 0.250 e. The SMILES string of the molecule is C=CC(=O)NCCOCCOCCOCC(=O)Nc1ccc([C@H]2CN([C@H]3CCc4cccc(F)c43)C[C@@H]2N(C)C)cc1. The number of hydrogen-bond donors (Lipinski definition) is 2. The van der Waals surface area contributed by atoms with Crippen LogP contribution in [-0.4, -0.2) is 101 Å². The summed E-state index contributed by atoms with van der Waals surface area (Å²) in [6.45, 7) is 7.32. The van der Waals surface area contributed by atoms with Crippen molar-refractivity contribution in [1.82, 2.24) is 15.1 Å². The van der Waals surface area contributed by atoms with Crippen molar-refractivity contribution >= 4 is 17.5 Å². The number of hydrogen-bond acceptors (Lipinski definition) is 7. The van der Waals surface area contributed by atoms with Crippen LogP contribution in [0, 0.1) is 5.82 Å². The molecule has 1 fully saturated rings. The summed E-state index contributed by atoms with van der Waals surface area (Å²) in [6.07, 6.45) is 3.09. The van der Waals surface area contributed by atoms with Gasteiger partial charge in [0.05, 0.1) is 33.0 Å². The number of rotatable bonds is 16. The van der Waals surface area contributed by atoms with E-state index in [0.717, 1.165) is 37.1 Å². The van der Waals surface area contributed by atoms with E-state index in [9.17, 15) is 14.0 Å². The maximum atomic E-state index is 14.7. The second-order valence-corrected chi connectivity index (χ2v) is 10.9. The van der Waals surface area contributed by atoms with Crippen molar-refractivity contribution in [3.05, 3.63) is 77.6 Å². The Morgan fingerprint density at radius 2 is 1.74 bits per heavy atom. The molecular weight excluding hydrogens is 539 g/mol. The van der Waals surface area contributed by atoms with Gasteiger partial charge in [0.2, 0.25) is 11.8 Å². The molecule has 1 aliphatic carbocycles. The van der Waals surface area contributed by atoms with E-state index >= 15 is 0 Å². The monoisotopic (exact) mass is 582 g/mol. The lowest BCUT2D eigenvalue weighted by molar-refractivity contribution is -0.121. The molecule has 10 heteroatoms. The van der Waals surface area contributed by atoms with Crippen molar-refractivity contribution in [2.24, 2.45) is 0 Å². The molecule has 42 heavy (non-hydrogen) atoms. The van der Waals surface area contributed by atoms with Crippen molar-refractivity contribution in [3.63, 3.8) is 0 Å². The maximum absolute atomic E-state index is 14.7. The van der Waals surface area contributed by atoms with Gasteiger partial charge in [0.1, 0.15) is 12.4 Å². The van der Waals surface area contributed by atoms with Crippen molar-refractivity contribution in [1.29, 1.82) is 0 Å². The molecule has 1 aliphatic heterocycles. The van der Waals surface area contributed by atoms with Gasteiger partial charge in [0.15, 0.2) is 0 Å². The minimum atomic E-state index is -0.229. The van der Waals surface area contributed by atoms with Gasteiger partial charge in [-0.1, -0.05) is 30.8 Å². The van der Waals surface area contributed by atoms with Crippen LogP contribution in [0.4, 0.5) is 10.1 Å². The highest BCUT2D eigenvalue weighted by Crippen LogP contribution is 2.42. The Hall–Kier alpha value is -3.15. The average molecular weight is 583 g/mol. The highest BCUT2D eigenvalue weighted by molar-refractivity contribution is 5.91. The number of anilines is 1. The summed E-state index contributed by atoms with van der Waals surface area (Å²) >= 11 is 0. The molecule has 228 valence electrons. The zero-order chi connectivity index (χ0) is 29.9. The van der Waals surface area contributed by atoms with Crippen LogP contribution in [0.1, 0.15) is 35.1 Å². The summed E-state index contributed by atoms with van der Waals surface area (Å²) in [7, 11) is 4.21. The third kappa shape index (κ3) is 8.68. The van der Waals surface area contributed by atoms with E-state index in [2.05, 4.69) is 59.3 Å². The number of nitrogens with zero attached hydrogens (tertiary/aromatic N) is 2. The van der Waals surface area contributed by atoms with Crippen molar-refractivity contribution in [2.75, 3.05) is 78.7 Å². The largest absolute Gasteiger partial charge is 0.377 e. The first-order valence-electron chi connectivity index (χ1n) is 14.6. The molecule has 0 aromatic heterocycles. The minimum absolute atomic E-state index is 0.0652. The number of likely N-dealkylation sites (N-methyl/N-ethyl adjacent to an activating group) is 1. The number of halogens is 1. The van der Waals surface area contributed by atoms with Gasteiger partial charge in [-0.2, -0.15) is 0 Å². The molecule has 3 atom stereocenters. The van der Waals surface area contributed by atoms with E-state index in [1.54, 1.807) is 6.07 Å². The topological polar surface area (TPSA) is 92.4 Å². The lowest BCUT2D eigenvalue weighted by Gasteiger charge is -2.26. The number of benzene rings is 2. The fraction of sp³-hybridized carbons (Fsp3) is 0.500. The Bertz CT molecular complexity index is 1190. The van der Waals surface area contributed by atoms with Crippen molar-refractivity contribution < 1.29 is 28.2 Å². The second-order valence-electron chi connectivity index (χ2n) is 10.9. The average Bonchev–Trinajstić information content (AvgIpc) is 3.62. The van der Waals surface area contributed by atoms with Gasteiger partial charge in [-0.25, -0.2) is 4.39 Å². The zero-order valence-electron chi connectivity index (χ0n) is 24.6. The van der Waals surface area contributed by atoms with Crippen LogP contribution in [0.25, 0.3) is 0 Å². The predicted octanol–water partition coefficient (Wildman–Crippen LogP) is 3.13. The number of ether oxygens (including phenoxy) is 3. The molecule has 2 aliphatic rings. The van der Waals surface area contributed by atoms with Crippen molar-refractivity contribution in [3.8, 4) is 0 Å². The fourth-order valence-electron chi connectivity index (χ4n) is 5.83. The van der Waals surface area contributed by atoms with Gasteiger partial charge >= 0.3 is 0 Å². The van der Waals surface area contributed by atoms with Gasteiger partial charge in [0.25, 0.3) is 0 Å². The zero-order valence-corrected chi connectivity index (χ0v) is 24.6. The van der Waals surface area contributed by atoms with E-state index in [1.165, 1.54) is 11.6 Å². The number of carbonyl (C=O) groups is 2. The first-order valence-corrected chi connectivity index (χ1v) is 14.6. The normalized spacial score (nSPS) is 20.0. The molecule has 0 spiro atoms. The summed E-state index contributed by atoms with van der Waals surface area (Å²) in [6, 6.07) is 13.9. The number of amides is 2. The Labute approximate surface area is 248 Å².